The Kier molecular flexibility index (Phi) is 3.94. The normalized spacial score (nSPS) is 19.0. The molecule has 3 rings (SSSR count). The fraction of sp³-hybridized carbons (Fsp3) is 0.462. The molecular formula is C13H17N5O4S. The van der Waals surface area contributed by atoms with Crippen LogP contribution in [0, 0.1) is 0 Å². The molecular weight excluding hydrogens is 322 g/mol. The fourth-order valence-corrected chi connectivity index (χ4v) is 3.41. The zero-order valence-corrected chi connectivity index (χ0v) is 13.6. The second kappa shape index (κ2) is 5.78. The third-order valence-corrected chi connectivity index (χ3v) is 4.81. The first-order valence-electron chi connectivity index (χ1n) is 6.99. The molecule has 1 N–H and O–H groups in total. The van der Waals surface area contributed by atoms with E-state index in [4.69, 9.17) is 4.74 Å². The van der Waals surface area contributed by atoms with Crippen molar-refractivity contribution in [2.75, 3.05) is 26.0 Å². The van der Waals surface area contributed by atoms with Crippen LogP contribution in [0.15, 0.2) is 23.4 Å². The molecule has 1 amide bonds. The lowest BCUT2D eigenvalue weighted by atomic mass is 10.1. The smallest absolute Gasteiger partial charge is 0.275 e. The van der Waals surface area contributed by atoms with Gasteiger partial charge in [-0.1, -0.05) is 0 Å². The Hall–Kier alpha value is -2.20. The van der Waals surface area contributed by atoms with Crippen molar-refractivity contribution in [1.29, 1.82) is 0 Å². The Morgan fingerprint density at radius 1 is 1.48 bits per heavy atom. The maximum Gasteiger partial charge on any atom is 0.275 e. The molecule has 1 aliphatic heterocycles. The van der Waals surface area contributed by atoms with Gasteiger partial charge in [-0.15, -0.1) is 0 Å². The second-order valence-electron chi connectivity index (χ2n) is 5.38. The van der Waals surface area contributed by atoms with Gasteiger partial charge in [0.05, 0.1) is 31.1 Å². The highest BCUT2D eigenvalue weighted by molar-refractivity contribution is 7.90. The van der Waals surface area contributed by atoms with Gasteiger partial charge in [-0.3, -0.25) is 14.6 Å². The van der Waals surface area contributed by atoms with Crippen LogP contribution in [-0.4, -0.2) is 65.2 Å². The molecule has 1 fully saturated rings. The summed E-state index contributed by atoms with van der Waals surface area (Å²) in [4.78, 5) is 14.3. The molecule has 0 aliphatic carbocycles. The predicted octanol–water partition coefficient (Wildman–Crippen LogP) is -0.240. The molecule has 124 valence electrons. The molecule has 1 saturated heterocycles. The molecule has 0 radical (unpaired) electrons. The minimum absolute atomic E-state index is 0.0758. The van der Waals surface area contributed by atoms with Crippen LogP contribution < -0.4 is 0 Å². The number of hydrogen-bond acceptors (Lipinski definition) is 6. The van der Waals surface area contributed by atoms with Crippen LogP contribution in [0.2, 0.25) is 0 Å². The molecule has 9 nitrogen and oxygen atoms in total. The number of sulfone groups is 1. The largest absolute Gasteiger partial charge is 0.377 e. The number of H-pyrrole nitrogens is 1. The van der Waals surface area contributed by atoms with Crippen LogP contribution in [0.5, 0.6) is 0 Å². The Bertz CT molecular complexity index is 825. The van der Waals surface area contributed by atoms with Gasteiger partial charge < -0.3 is 9.64 Å². The van der Waals surface area contributed by atoms with Crippen molar-refractivity contribution in [2.24, 2.45) is 7.05 Å². The third kappa shape index (κ3) is 2.99. The zero-order chi connectivity index (χ0) is 16.6. The van der Waals surface area contributed by atoms with Crippen molar-refractivity contribution in [3.05, 3.63) is 29.8 Å². The van der Waals surface area contributed by atoms with Crippen molar-refractivity contribution in [3.63, 3.8) is 0 Å². The van der Waals surface area contributed by atoms with Crippen molar-refractivity contribution in [2.45, 2.75) is 10.9 Å². The Morgan fingerprint density at radius 2 is 2.26 bits per heavy atom. The molecule has 0 saturated carbocycles. The van der Waals surface area contributed by atoms with Crippen LogP contribution in [-0.2, 0) is 21.6 Å². The molecule has 2 aromatic heterocycles. The Labute approximate surface area is 133 Å². The lowest BCUT2D eigenvalue weighted by Gasteiger charge is -2.34. The lowest BCUT2D eigenvalue weighted by Crippen LogP contribution is -2.44. The van der Waals surface area contributed by atoms with Gasteiger partial charge >= 0.3 is 0 Å². The van der Waals surface area contributed by atoms with E-state index in [1.165, 1.54) is 6.20 Å². The number of rotatable bonds is 3. The number of aryl methyl sites for hydroxylation is 1. The molecule has 10 heteroatoms. The molecule has 23 heavy (non-hydrogen) atoms. The number of nitrogens with one attached hydrogen (secondary N) is 1. The molecule has 3 heterocycles. The zero-order valence-electron chi connectivity index (χ0n) is 12.8. The van der Waals surface area contributed by atoms with E-state index in [1.807, 2.05) is 0 Å². The quantitative estimate of drug-likeness (QED) is 0.826. The summed E-state index contributed by atoms with van der Waals surface area (Å²) in [6.07, 6.45) is 4.04. The van der Waals surface area contributed by atoms with E-state index in [0.29, 0.717) is 24.5 Å². The average Bonchev–Trinajstić information content (AvgIpc) is 3.14. The standard InChI is InChI=1S/C13H17N5O4S/c1-17-4-3-9(16-17)13(19)18-5-6-22-8-10(18)12-11(7-14-15-12)23(2,20)21/h3-4,7,10H,5-6,8H2,1-2H3,(H,14,15)/t10-/m0/s1. The van der Waals surface area contributed by atoms with Gasteiger partial charge in [0.2, 0.25) is 0 Å². The highest BCUT2D eigenvalue weighted by atomic mass is 32.2. The minimum Gasteiger partial charge on any atom is -0.377 e. The van der Waals surface area contributed by atoms with E-state index in [0.717, 1.165) is 6.26 Å². The number of morpholine rings is 1. The predicted molar refractivity (Wildman–Crippen MR) is 79.5 cm³/mol. The Balaban J connectivity index is 1.97. The highest BCUT2D eigenvalue weighted by Crippen LogP contribution is 2.28. The van der Waals surface area contributed by atoms with Crippen molar-refractivity contribution >= 4 is 15.7 Å². The van der Waals surface area contributed by atoms with Gasteiger partial charge in [0.1, 0.15) is 10.6 Å². The molecule has 1 aliphatic rings. The third-order valence-electron chi connectivity index (χ3n) is 3.69. The summed E-state index contributed by atoms with van der Waals surface area (Å²) in [5.74, 6) is -0.270. The lowest BCUT2D eigenvalue weighted by molar-refractivity contribution is -0.00502. The van der Waals surface area contributed by atoms with Gasteiger partial charge in [0, 0.05) is 26.0 Å². The number of carbonyl (C=O) groups excluding carboxylic acids is 1. The summed E-state index contributed by atoms with van der Waals surface area (Å²) in [7, 11) is -1.73. The number of amides is 1. The Morgan fingerprint density at radius 3 is 2.91 bits per heavy atom. The topological polar surface area (TPSA) is 110 Å². The highest BCUT2D eigenvalue weighted by Gasteiger charge is 2.34. The summed E-state index contributed by atoms with van der Waals surface area (Å²) >= 11 is 0. The first-order chi connectivity index (χ1) is 10.9. The van der Waals surface area contributed by atoms with E-state index in [2.05, 4.69) is 15.3 Å². The monoisotopic (exact) mass is 339 g/mol. The van der Waals surface area contributed by atoms with Crippen LogP contribution in [0.1, 0.15) is 22.2 Å². The van der Waals surface area contributed by atoms with Crippen LogP contribution in [0.25, 0.3) is 0 Å². The summed E-state index contributed by atoms with van der Waals surface area (Å²) in [6.45, 7) is 0.934. The summed E-state index contributed by atoms with van der Waals surface area (Å²) < 4.78 is 30.8. The molecule has 0 unspecified atom stereocenters. The average molecular weight is 339 g/mol. The number of aromatic amines is 1. The maximum atomic E-state index is 12.7. The SMILES string of the molecule is Cn1ccc(C(=O)N2CCOC[C@H]2c2[nH]ncc2S(C)(=O)=O)n1. The molecule has 2 aromatic rings. The number of hydrogen-bond donors (Lipinski definition) is 1. The van der Waals surface area contributed by atoms with Crippen LogP contribution in [0.3, 0.4) is 0 Å². The number of carbonyl (C=O) groups is 1. The minimum atomic E-state index is -3.46. The van der Waals surface area contributed by atoms with Gasteiger partial charge in [-0.2, -0.15) is 10.2 Å². The number of nitrogens with zero attached hydrogens (tertiary/aromatic N) is 4. The molecule has 0 aromatic carbocycles. The molecule has 1 atom stereocenters. The number of aromatic nitrogens is 4. The van der Waals surface area contributed by atoms with Gasteiger partial charge in [-0.05, 0) is 6.07 Å². The fourth-order valence-electron chi connectivity index (χ4n) is 2.58. The van der Waals surface area contributed by atoms with Crippen molar-refractivity contribution < 1.29 is 17.9 Å². The van der Waals surface area contributed by atoms with E-state index in [9.17, 15) is 13.2 Å². The second-order valence-corrected chi connectivity index (χ2v) is 7.37. The van der Waals surface area contributed by atoms with E-state index in [-0.39, 0.29) is 17.4 Å². The molecule has 0 bridgehead atoms. The van der Waals surface area contributed by atoms with E-state index in [1.54, 1.807) is 28.9 Å². The van der Waals surface area contributed by atoms with Crippen LogP contribution >= 0.6 is 0 Å². The van der Waals surface area contributed by atoms with Gasteiger partial charge in [-0.25, -0.2) is 8.42 Å². The first-order valence-corrected chi connectivity index (χ1v) is 8.89. The van der Waals surface area contributed by atoms with E-state index < -0.39 is 15.9 Å². The summed E-state index contributed by atoms with van der Waals surface area (Å²) in [5, 5.41) is 10.6. The van der Waals surface area contributed by atoms with Gasteiger partial charge in [0.15, 0.2) is 9.84 Å². The molecule has 0 spiro atoms. The summed E-state index contributed by atoms with van der Waals surface area (Å²) in [5.41, 5.74) is 0.663. The number of ether oxygens (including phenoxy) is 1. The van der Waals surface area contributed by atoms with Crippen LogP contribution in [0.4, 0.5) is 0 Å². The first kappa shape index (κ1) is 15.7. The van der Waals surface area contributed by atoms with Gasteiger partial charge in [0.25, 0.3) is 5.91 Å². The summed E-state index contributed by atoms with van der Waals surface area (Å²) in [6, 6.07) is 1.07. The van der Waals surface area contributed by atoms with E-state index >= 15 is 0 Å². The van der Waals surface area contributed by atoms with Crippen molar-refractivity contribution in [3.8, 4) is 0 Å². The maximum absolute atomic E-state index is 12.7. The van der Waals surface area contributed by atoms with Crippen molar-refractivity contribution in [1.82, 2.24) is 24.9 Å².